The number of benzene rings is 1. The van der Waals surface area contributed by atoms with Gasteiger partial charge in [0, 0.05) is 39.4 Å². The summed E-state index contributed by atoms with van der Waals surface area (Å²) in [6, 6.07) is 8.04. The third-order valence-corrected chi connectivity index (χ3v) is 5.65. The lowest BCUT2D eigenvalue weighted by Gasteiger charge is -2.47. The number of carbonyl (C=O) groups excluding carboxylic acids is 2. The van der Waals surface area contributed by atoms with Crippen LogP contribution >= 0.6 is 0 Å². The summed E-state index contributed by atoms with van der Waals surface area (Å²) in [6.45, 7) is 7.52. The van der Waals surface area contributed by atoms with Crippen LogP contribution in [0.15, 0.2) is 24.3 Å². The quantitative estimate of drug-likeness (QED) is 0.397. The number of aliphatic hydroxyl groups is 1. The number of hydrogen-bond donors (Lipinski definition) is 4. The van der Waals surface area contributed by atoms with Gasteiger partial charge < -0.3 is 20.2 Å². The second-order valence-corrected chi connectivity index (χ2v) is 8.54. The number of hydroxylamine groups is 1. The lowest BCUT2D eigenvalue weighted by Crippen LogP contribution is -2.62. The number of rotatable bonds is 7. The van der Waals surface area contributed by atoms with E-state index in [9.17, 15) is 14.7 Å². The Morgan fingerprint density at radius 2 is 1.90 bits per heavy atom. The van der Waals surface area contributed by atoms with Crippen LogP contribution in [0.5, 0.6) is 0 Å². The molecule has 0 radical (unpaired) electrons. The van der Waals surface area contributed by atoms with Gasteiger partial charge in [-0.05, 0) is 37.0 Å². The molecule has 0 aromatic heterocycles. The fourth-order valence-corrected chi connectivity index (χ4v) is 3.92. The van der Waals surface area contributed by atoms with Crippen LogP contribution in [0.25, 0.3) is 0 Å². The zero-order valence-electron chi connectivity index (χ0n) is 18.0. The number of nitrogens with zero attached hydrogens (tertiary/aromatic N) is 2. The van der Waals surface area contributed by atoms with Gasteiger partial charge in [0.25, 0.3) is 5.91 Å². The lowest BCUT2D eigenvalue weighted by atomic mass is 9.84. The van der Waals surface area contributed by atoms with Crippen molar-refractivity contribution < 1.29 is 19.9 Å². The lowest BCUT2D eigenvalue weighted by molar-refractivity contribution is -0.155. The molecule has 2 rings (SSSR count). The van der Waals surface area contributed by atoms with Gasteiger partial charge in [-0.15, -0.1) is 0 Å². The first-order chi connectivity index (χ1) is 13.6. The molecule has 0 spiro atoms. The Kier molecular flexibility index (Phi) is 7.62. The molecule has 29 heavy (non-hydrogen) atoms. The Bertz CT molecular complexity index is 707. The van der Waals surface area contributed by atoms with Crippen molar-refractivity contribution in [2.45, 2.75) is 38.8 Å². The van der Waals surface area contributed by atoms with Crippen molar-refractivity contribution >= 4 is 17.5 Å². The van der Waals surface area contributed by atoms with Gasteiger partial charge in [0.05, 0.1) is 11.5 Å². The van der Waals surface area contributed by atoms with Crippen molar-refractivity contribution in [1.82, 2.24) is 15.7 Å². The van der Waals surface area contributed by atoms with E-state index < -0.39 is 23.5 Å². The molecule has 0 aliphatic carbocycles. The summed E-state index contributed by atoms with van der Waals surface area (Å²) in [4.78, 5) is 29.2. The number of nitrogens with one attached hydrogen (secondary N) is 2. The van der Waals surface area contributed by atoms with Crippen LogP contribution in [-0.4, -0.2) is 66.9 Å². The van der Waals surface area contributed by atoms with Crippen LogP contribution in [0.4, 0.5) is 5.69 Å². The second kappa shape index (κ2) is 9.56. The summed E-state index contributed by atoms with van der Waals surface area (Å²) >= 11 is 0. The average Bonchev–Trinajstić information content (AvgIpc) is 2.70. The van der Waals surface area contributed by atoms with Crippen LogP contribution in [-0.2, 0) is 15.1 Å². The van der Waals surface area contributed by atoms with Crippen molar-refractivity contribution in [1.29, 1.82) is 0 Å². The molecule has 2 amide bonds. The van der Waals surface area contributed by atoms with Crippen LogP contribution in [0, 0.1) is 11.8 Å². The van der Waals surface area contributed by atoms with Crippen molar-refractivity contribution in [3.63, 3.8) is 0 Å². The first-order valence-electron chi connectivity index (χ1n) is 10.0. The highest BCUT2D eigenvalue weighted by Crippen LogP contribution is 2.33. The molecule has 3 atom stereocenters. The summed E-state index contributed by atoms with van der Waals surface area (Å²) in [5, 5.41) is 22.7. The zero-order valence-corrected chi connectivity index (χ0v) is 18.0. The molecule has 1 aliphatic heterocycles. The molecule has 1 aromatic carbocycles. The summed E-state index contributed by atoms with van der Waals surface area (Å²) < 4.78 is 0. The molecular formula is C21H34N4O4. The smallest absolute Gasteiger partial charge is 0.272 e. The van der Waals surface area contributed by atoms with Gasteiger partial charge in [-0.3, -0.25) is 14.8 Å². The maximum absolute atomic E-state index is 13.5. The number of amides is 2. The average molecular weight is 407 g/mol. The third kappa shape index (κ3) is 5.07. The zero-order chi connectivity index (χ0) is 21.8. The van der Waals surface area contributed by atoms with E-state index in [0.29, 0.717) is 26.1 Å². The van der Waals surface area contributed by atoms with Gasteiger partial charge in [0.1, 0.15) is 6.10 Å². The molecule has 0 bridgehead atoms. The number of anilines is 1. The Balaban J connectivity index is 2.38. The van der Waals surface area contributed by atoms with Crippen molar-refractivity contribution in [2.24, 2.45) is 11.8 Å². The third-order valence-electron chi connectivity index (χ3n) is 5.65. The second-order valence-electron chi connectivity index (χ2n) is 8.54. The molecule has 0 saturated carbocycles. The SMILES string of the molecule is CC(C)C[C@H](C(=O)N1CCNC[C@@]1(C)c1ccc(N(C)C)cc1)[C@H](O)C(=O)NO. The number of carbonyl (C=O) groups is 2. The van der Waals surface area contributed by atoms with E-state index in [2.05, 4.69) is 5.32 Å². The molecule has 1 heterocycles. The van der Waals surface area contributed by atoms with Crippen LogP contribution in [0.3, 0.4) is 0 Å². The minimum Gasteiger partial charge on any atom is -0.382 e. The fraction of sp³-hybridized carbons (Fsp3) is 0.619. The van der Waals surface area contributed by atoms with E-state index in [4.69, 9.17) is 5.21 Å². The topological polar surface area (TPSA) is 105 Å². The molecule has 8 nitrogen and oxygen atoms in total. The van der Waals surface area contributed by atoms with Gasteiger partial charge in [-0.1, -0.05) is 26.0 Å². The standard InChI is InChI=1S/C21H34N4O4/c1-14(2)12-17(18(26)19(27)23-29)20(28)25-11-10-22-13-21(25,3)15-6-8-16(9-7-15)24(4)5/h6-9,14,17-18,22,26,29H,10-13H2,1-5H3,(H,23,27)/t17-,18-,21-/m0/s1. The highest BCUT2D eigenvalue weighted by molar-refractivity contribution is 5.89. The predicted molar refractivity (Wildman–Crippen MR) is 112 cm³/mol. The van der Waals surface area contributed by atoms with Gasteiger partial charge in [0.15, 0.2) is 0 Å². The number of aliphatic hydroxyl groups excluding tert-OH is 1. The summed E-state index contributed by atoms with van der Waals surface area (Å²) in [5.74, 6) is -2.08. The molecule has 0 unspecified atom stereocenters. The van der Waals surface area contributed by atoms with Gasteiger partial charge >= 0.3 is 0 Å². The number of hydrogen-bond acceptors (Lipinski definition) is 6. The Morgan fingerprint density at radius 3 is 2.41 bits per heavy atom. The minimum atomic E-state index is -1.61. The van der Waals surface area contributed by atoms with Gasteiger partial charge in [-0.25, -0.2) is 5.48 Å². The minimum absolute atomic E-state index is 0.0960. The van der Waals surface area contributed by atoms with Gasteiger partial charge in [-0.2, -0.15) is 0 Å². The number of piperazine rings is 1. The maximum atomic E-state index is 13.5. The summed E-state index contributed by atoms with van der Waals surface area (Å²) in [6.07, 6.45) is -1.27. The Hall–Kier alpha value is -2.16. The Morgan fingerprint density at radius 1 is 1.28 bits per heavy atom. The van der Waals surface area contributed by atoms with Crippen molar-refractivity contribution in [3.05, 3.63) is 29.8 Å². The normalized spacial score (nSPS) is 21.6. The van der Waals surface area contributed by atoms with Gasteiger partial charge in [0.2, 0.25) is 5.91 Å². The van der Waals surface area contributed by atoms with Crippen molar-refractivity contribution in [3.8, 4) is 0 Å². The van der Waals surface area contributed by atoms with E-state index in [1.807, 2.05) is 64.0 Å². The van der Waals surface area contributed by atoms with E-state index in [0.717, 1.165) is 11.3 Å². The molecule has 1 aromatic rings. The maximum Gasteiger partial charge on any atom is 0.272 e. The molecule has 162 valence electrons. The molecule has 1 saturated heterocycles. The molecule has 1 aliphatic rings. The summed E-state index contributed by atoms with van der Waals surface area (Å²) in [5.41, 5.74) is 2.89. The highest BCUT2D eigenvalue weighted by atomic mass is 16.5. The van der Waals surface area contributed by atoms with E-state index in [-0.39, 0.29) is 11.8 Å². The van der Waals surface area contributed by atoms with E-state index >= 15 is 0 Å². The predicted octanol–water partition coefficient (Wildman–Crippen LogP) is 0.928. The summed E-state index contributed by atoms with van der Waals surface area (Å²) in [7, 11) is 3.94. The van der Waals surface area contributed by atoms with Crippen LogP contribution in [0.1, 0.15) is 32.8 Å². The first kappa shape index (κ1) is 23.1. The largest absolute Gasteiger partial charge is 0.382 e. The monoisotopic (exact) mass is 406 g/mol. The van der Waals surface area contributed by atoms with Crippen LogP contribution in [0.2, 0.25) is 0 Å². The molecule has 8 heteroatoms. The van der Waals surface area contributed by atoms with Crippen molar-refractivity contribution in [2.75, 3.05) is 38.6 Å². The molecule has 4 N–H and O–H groups in total. The Labute approximate surface area is 172 Å². The van der Waals surface area contributed by atoms with E-state index in [1.54, 1.807) is 4.90 Å². The molecule has 1 fully saturated rings. The van der Waals surface area contributed by atoms with E-state index in [1.165, 1.54) is 5.48 Å². The highest BCUT2D eigenvalue weighted by Gasteiger charge is 2.44. The van der Waals surface area contributed by atoms with Crippen LogP contribution < -0.4 is 15.7 Å². The fourth-order valence-electron chi connectivity index (χ4n) is 3.92. The molecular weight excluding hydrogens is 372 g/mol. The first-order valence-corrected chi connectivity index (χ1v) is 10.0.